The second kappa shape index (κ2) is 3.34. The van der Waals surface area contributed by atoms with Crippen molar-refractivity contribution in [3.05, 3.63) is 30.4 Å². The molecular weight excluding hydrogens is 164 g/mol. The number of anilines is 1. The average molecular weight is 170 g/mol. The van der Waals surface area contributed by atoms with Crippen LogP contribution in [0.4, 0.5) is 5.69 Å². The topological polar surface area (TPSA) is 42.0 Å². The van der Waals surface area contributed by atoms with E-state index in [9.17, 15) is 4.79 Å². The van der Waals surface area contributed by atoms with Crippen molar-refractivity contribution >= 4 is 23.2 Å². The molecule has 0 saturated heterocycles. The standard InChI is InChI=1S/C7H6ClN2O/c1-5(11)10-6-2-3-7(8)9-4-6/h2-4H,1H2,(H,10,11). The average Bonchev–Trinajstić information content (AvgIpc) is 1.93. The van der Waals surface area contributed by atoms with E-state index in [4.69, 9.17) is 11.6 Å². The Labute approximate surface area is 69.4 Å². The minimum absolute atomic E-state index is 0.367. The molecule has 0 atom stereocenters. The Morgan fingerprint density at radius 3 is 2.82 bits per heavy atom. The zero-order valence-electron chi connectivity index (χ0n) is 5.67. The van der Waals surface area contributed by atoms with E-state index in [0.29, 0.717) is 10.8 Å². The molecule has 0 aliphatic heterocycles. The van der Waals surface area contributed by atoms with E-state index in [2.05, 4.69) is 17.2 Å². The number of carbonyl (C=O) groups is 1. The van der Waals surface area contributed by atoms with Gasteiger partial charge in [-0.15, -0.1) is 0 Å². The highest BCUT2D eigenvalue weighted by Gasteiger charge is 1.94. The van der Waals surface area contributed by atoms with Crippen LogP contribution in [0.5, 0.6) is 0 Å². The highest BCUT2D eigenvalue weighted by atomic mass is 35.5. The molecule has 1 aromatic heterocycles. The second-order valence-electron chi connectivity index (χ2n) is 1.92. The number of nitrogens with zero attached hydrogens (tertiary/aromatic N) is 1. The van der Waals surface area contributed by atoms with Gasteiger partial charge in [0, 0.05) is 6.92 Å². The molecule has 0 fully saturated rings. The number of carbonyl (C=O) groups excluding carboxylic acids is 1. The largest absolute Gasteiger partial charge is 0.325 e. The van der Waals surface area contributed by atoms with Crippen LogP contribution in [0.2, 0.25) is 5.15 Å². The van der Waals surface area contributed by atoms with Gasteiger partial charge in [0.25, 0.3) is 0 Å². The van der Waals surface area contributed by atoms with Gasteiger partial charge in [-0.05, 0) is 12.1 Å². The molecule has 1 N–H and O–H groups in total. The number of hydrogen-bond donors (Lipinski definition) is 1. The molecule has 1 amide bonds. The number of pyridine rings is 1. The van der Waals surface area contributed by atoms with Crippen molar-refractivity contribution in [1.82, 2.24) is 4.98 Å². The molecule has 1 radical (unpaired) electrons. The van der Waals surface area contributed by atoms with Gasteiger partial charge in [-0.25, -0.2) is 4.98 Å². The van der Waals surface area contributed by atoms with Crippen molar-refractivity contribution in [3.63, 3.8) is 0 Å². The summed E-state index contributed by atoms with van der Waals surface area (Å²) in [5, 5.41) is 2.86. The molecule has 1 aromatic rings. The number of halogens is 1. The van der Waals surface area contributed by atoms with Gasteiger partial charge in [-0.2, -0.15) is 0 Å². The molecular formula is C7H6ClN2O. The minimum Gasteiger partial charge on any atom is -0.325 e. The summed E-state index contributed by atoms with van der Waals surface area (Å²) in [5.74, 6) is -0.367. The minimum atomic E-state index is -0.367. The summed E-state index contributed by atoms with van der Waals surface area (Å²) in [4.78, 5) is 14.2. The smallest absolute Gasteiger partial charge is 0.224 e. The molecule has 0 saturated carbocycles. The SMILES string of the molecule is [CH2]C(=O)Nc1ccc(Cl)nc1. The van der Waals surface area contributed by atoms with Gasteiger partial charge in [-0.3, -0.25) is 4.79 Å². The van der Waals surface area contributed by atoms with Crippen molar-refractivity contribution in [2.75, 3.05) is 5.32 Å². The summed E-state index contributed by atoms with van der Waals surface area (Å²) < 4.78 is 0. The predicted molar refractivity (Wildman–Crippen MR) is 43.2 cm³/mol. The zero-order chi connectivity index (χ0) is 8.27. The number of amides is 1. The summed E-state index contributed by atoms with van der Waals surface area (Å²) in [5.41, 5.74) is 0.592. The van der Waals surface area contributed by atoms with Crippen LogP contribution in [-0.2, 0) is 4.79 Å². The summed E-state index contributed by atoms with van der Waals surface area (Å²) in [7, 11) is 0. The van der Waals surface area contributed by atoms with E-state index in [1.165, 1.54) is 6.20 Å². The molecule has 0 bridgehead atoms. The van der Waals surface area contributed by atoms with Crippen LogP contribution >= 0.6 is 11.6 Å². The quantitative estimate of drug-likeness (QED) is 0.648. The van der Waals surface area contributed by atoms with Gasteiger partial charge in [0.05, 0.1) is 11.9 Å². The van der Waals surface area contributed by atoms with E-state index >= 15 is 0 Å². The molecule has 0 unspecified atom stereocenters. The van der Waals surface area contributed by atoms with E-state index in [1.807, 2.05) is 0 Å². The van der Waals surface area contributed by atoms with Crippen LogP contribution in [0.3, 0.4) is 0 Å². The first-order chi connectivity index (χ1) is 5.18. The summed E-state index contributed by atoms with van der Waals surface area (Å²) in [6, 6.07) is 3.24. The Kier molecular flexibility index (Phi) is 2.44. The summed E-state index contributed by atoms with van der Waals surface area (Å²) in [6.45, 7) is 3.15. The van der Waals surface area contributed by atoms with Crippen LogP contribution in [0.1, 0.15) is 0 Å². The van der Waals surface area contributed by atoms with Crippen LogP contribution < -0.4 is 5.32 Å². The van der Waals surface area contributed by atoms with E-state index < -0.39 is 0 Å². The highest BCUT2D eigenvalue weighted by Crippen LogP contribution is 2.08. The van der Waals surface area contributed by atoms with E-state index in [1.54, 1.807) is 12.1 Å². The van der Waals surface area contributed by atoms with E-state index in [0.717, 1.165) is 0 Å². The Balaban J connectivity index is 2.74. The molecule has 0 spiro atoms. The molecule has 0 aromatic carbocycles. The van der Waals surface area contributed by atoms with Gasteiger partial charge in [0.1, 0.15) is 5.15 Å². The predicted octanol–water partition coefficient (Wildman–Crippen LogP) is 1.51. The van der Waals surface area contributed by atoms with Gasteiger partial charge < -0.3 is 5.32 Å². The lowest BCUT2D eigenvalue weighted by Crippen LogP contribution is -2.05. The second-order valence-corrected chi connectivity index (χ2v) is 2.31. The van der Waals surface area contributed by atoms with Crippen molar-refractivity contribution in [1.29, 1.82) is 0 Å². The Morgan fingerprint density at radius 2 is 2.36 bits per heavy atom. The first-order valence-corrected chi connectivity index (χ1v) is 3.31. The Bertz CT molecular complexity index is 258. The number of nitrogens with one attached hydrogen (secondary N) is 1. The zero-order valence-corrected chi connectivity index (χ0v) is 6.43. The third-order valence-corrected chi connectivity index (χ3v) is 1.23. The maximum absolute atomic E-state index is 10.4. The molecule has 11 heavy (non-hydrogen) atoms. The van der Waals surface area contributed by atoms with Crippen molar-refractivity contribution in [3.8, 4) is 0 Å². The number of aromatic nitrogens is 1. The molecule has 1 heterocycles. The lowest BCUT2D eigenvalue weighted by molar-refractivity contribution is -0.112. The summed E-state index contributed by atoms with van der Waals surface area (Å²) >= 11 is 5.51. The normalized spacial score (nSPS) is 9.27. The van der Waals surface area contributed by atoms with Crippen LogP contribution in [-0.4, -0.2) is 10.9 Å². The maximum atomic E-state index is 10.4. The third kappa shape index (κ3) is 2.55. The van der Waals surface area contributed by atoms with Crippen LogP contribution in [0.15, 0.2) is 18.3 Å². The number of hydrogen-bond acceptors (Lipinski definition) is 2. The maximum Gasteiger partial charge on any atom is 0.224 e. The molecule has 4 heteroatoms. The molecule has 3 nitrogen and oxygen atoms in total. The van der Waals surface area contributed by atoms with Crippen LogP contribution in [0.25, 0.3) is 0 Å². The monoisotopic (exact) mass is 169 g/mol. The summed E-state index contributed by atoms with van der Waals surface area (Å²) in [6.07, 6.45) is 1.46. The highest BCUT2D eigenvalue weighted by molar-refractivity contribution is 6.29. The fourth-order valence-corrected chi connectivity index (χ4v) is 0.723. The van der Waals surface area contributed by atoms with Gasteiger partial charge in [0.2, 0.25) is 5.91 Å². The van der Waals surface area contributed by atoms with Crippen molar-refractivity contribution < 1.29 is 4.79 Å². The fraction of sp³-hybridized carbons (Fsp3) is 0. The Morgan fingerprint density at radius 1 is 1.64 bits per heavy atom. The van der Waals surface area contributed by atoms with Gasteiger partial charge in [0.15, 0.2) is 0 Å². The third-order valence-electron chi connectivity index (χ3n) is 1.01. The fourth-order valence-electron chi connectivity index (χ4n) is 0.611. The van der Waals surface area contributed by atoms with Crippen molar-refractivity contribution in [2.45, 2.75) is 0 Å². The lowest BCUT2D eigenvalue weighted by Gasteiger charge is -1.98. The molecule has 57 valence electrons. The Hall–Kier alpha value is -1.09. The van der Waals surface area contributed by atoms with Crippen LogP contribution in [0, 0.1) is 6.92 Å². The number of rotatable bonds is 1. The van der Waals surface area contributed by atoms with Gasteiger partial charge in [-0.1, -0.05) is 11.6 Å². The van der Waals surface area contributed by atoms with Gasteiger partial charge >= 0.3 is 0 Å². The molecule has 1 rings (SSSR count). The first kappa shape index (κ1) is 8.01. The molecule has 0 aliphatic rings. The molecule has 0 aliphatic carbocycles. The van der Waals surface area contributed by atoms with E-state index in [-0.39, 0.29) is 5.91 Å². The lowest BCUT2D eigenvalue weighted by atomic mass is 10.4. The van der Waals surface area contributed by atoms with Crippen molar-refractivity contribution in [2.24, 2.45) is 0 Å². The first-order valence-electron chi connectivity index (χ1n) is 2.93.